The van der Waals surface area contributed by atoms with Crippen molar-refractivity contribution in [2.75, 3.05) is 13.3 Å². The van der Waals surface area contributed by atoms with Crippen LogP contribution in [0.2, 0.25) is 0 Å². The molecule has 0 spiro atoms. The van der Waals surface area contributed by atoms with Crippen LogP contribution in [-0.4, -0.2) is 53.7 Å². The monoisotopic (exact) mass is 476 g/mol. The predicted molar refractivity (Wildman–Crippen MR) is 125 cm³/mol. The molecule has 0 aliphatic carbocycles. The Morgan fingerprint density at radius 1 is 0.909 bits per heavy atom. The molecular weight excluding hydrogens is 432 g/mol. The van der Waals surface area contributed by atoms with Crippen molar-refractivity contribution in [1.82, 2.24) is 16.0 Å². The Morgan fingerprint density at radius 3 is 1.79 bits per heavy atom. The van der Waals surface area contributed by atoms with Gasteiger partial charge in [0.1, 0.15) is 11.2 Å². The Balaban J connectivity index is 0. The van der Waals surface area contributed by atoms with Gasteiger partial charge in [-0.15, -0.1) is 0 Å². The summed E-state index contributed by atoms with van der Waals surface area (Å²) >= 11 is 0. The summed E-state index contributed by atoms with van der Waals surface area (Å²) in [5.74, 6) is -2.11. The largest absolute Gasteiger partial charge is 0.481 e. The van der Waals surface area contributed by atoms with E-state index in [9.17, 15) is 19.2 Å². The van der Waals surface area contributed by atoms with Crippen molar-refractivity contribution in [3.05, 3.63) is 0 Å². The first kappa shape index (κ1) is 32.6. The average Bonchev–Trinajstić information content (AvgIpc) is 2.62. The van der Waals surface area contributed by atoms with E-state index in [1.165, 1.54) is 0 Å². The Hall–Kier alpha value is -2.56. The molecule has 3 amide bonds. The number of hydrogen-bond donors (Lipinski definition) is 5. The zero-order chi connectivity index (χ0) is 26.2. The second-order valence-electron chi connectivity index (χ2n) is 9.59. The first-order valence-electron chi connectivity index (χ1n) is 11.2. The lowest BCUT2D eigenvalue weighted by molar-refractivity contribution is -0.142. The number of nitrogens with two attached hydrogens (primary N) is 1. The van der Waals surface area contributed by atoms with Crippen LogP contribution in [0.3, 0.4) is 0 Å². The zero-order valence-corrected chi connectivity index (χ0v) is 21.4. The molecule has 0 heterocycles. The summed E-state index contributed by atoms with van der Waals surface area (Å²) in [4.78, 5) is 45.3. The zero-order valence-electron chi connectivity index (χ0n) is 21.4. The van der Waals surface area contributed by atoms with Crippen LogP contribution in [-0.2, 0) is 19.1 Å². The van der Waals surface area contributed by atoms with Crippen LogP contribution in [0, 0.1) is 11.8 Å². The molecule has 0 aliphatic rings. The van der Waals surface area contributed by atoms with Crippen molar-refractivity contribution in [3.63, 3.8) is 0 Å². The van der Waals surface area contributed by atoms with Crippen molar-refractivity contribution in [1.29, 1.82) is 0 Å². The standard InChI is InChI=1S/C16H30N2O5.C6H14N2O2/c1-6-7-8-12(9-11(2)14(20)21)13(19)17-10-18-15(22)23-16(3,4)5;1-6(2,3)10-5(9)8-4-7/h11-12H,6-10H2,1-5H3,(H,17,19)(H,18,22)(H,20,21);4,7H2,1-3H3,(H,8,9). The number of rotatable bonds is 10. The number of nitrogens with one attached hydrogen (secondary N) is 3. The van der Waals surface area contributed by atoms with E-state index < -0.39 is 35.3 Å². The van der Waals surface area contributed by atoms with Crippen LogP contribution in [0.5, 0.6) is 0 Å². The molecule has 0 aromatic carbocycles. The smallest absolute Gasteiger partial charge is 0.409 e. The summed E-state index contributed by atoms with van der Waals surface area (Å²) in [6.45, 7) is 14.3. The van der Waals surface area contributed by atoms with Crippen molar-refractivity contribution >= 4 is 24.1 Å². The third-order valence-corrected chi connectivity index (χ3v) is 3.88. The Kier molecular flexibility index (Phi) is 15.9. The number of carbonyl (C=O) groups excluding carboxylic acids is 3. The fourth-order valence-corrected chi connectivity index (χ4v) is 2.39. The maximum absolute atomic E-state index is 12.2. The third kappa shape index (κ3) is 21.1. The minimum Gasteiger partial charge on any atom is -0.481 e. The van der Waals surface area contributed by atoms with E-state index in [2.05, 4.69) is 16.0 Å². The number of carbonyl (C=O) groups is 4. The van der Waals surface area contributed by atoms with Gasteiger partial charge in [-0.1, -0.05) is 26.7 Å². The fourth-order valence-electron chi connectivity index (χ4n) is 2.39. The maximum atomic E-state index is 12.2. The summed E-state index contributed by atoms with van der Waals surface area (Å²) in [6.07, 6.45) is 1.61. The second kappa shape index (κ2) is 16.1. The van der Waals surface area contributed by atoms with Crippen molar-refractivity contribution in [3.8, 4) is 0 Å². The molecule has 11 heteroatoms. The lowest BCUT2D eigenvalue weighted by Crippen LogP contribution is -2.42. The fraction of sp³-hybridized carbons (Fsp3) is 0.818. The van der Waals surface area contributed by atoms with E-state index in [1.54, 1.807) is 48.5 Å². The van der Waals surface area contributed by atoms with Gasteiger partial charge in [-0.25, -0.2) is 9.59 Å². The first-order valence-corrected chi connectivity index (χ1v) is 11.2. The summed E-state index contributed by atoms with van der Waals surface area (Å²) in [7, 11) is 0. The van der Waals surface area contributed by atoms with Gasteiger partial charge in [0.15, 0.2) is 0 Å². The molecule has 0 rings (SSSR count). The second-order valence-corrected chi connectivity index (χ2v) is 9.59. The van der Waals surface area contributed by atoms with E-state index in [0.717, 1.165) is 12.8 Å². The predicted octanol–water partition coefficient (Wildman–Crippen LogP) is 2.93. The molecule has 194 valence electrons. The number of alkyl carbamates (subject to hydrolysis) is 2. The van der Waals surface area contributed by atoms with Crippen molar-refractivity contribution < 1.29 is 33.8 Å². The van der Waals surface area contributed by atoms with Gasteiger partial charge in [0.25, 0.3) is 0 Å². The van der Waals surface area contributed by atoms with Crippen LogP contribution in [0.15, 0.2) is 0 Å². The highest BCUT2D eigenvalue weighted by Gasteiger charge is 2.24. The molecule has 11 nitrogen and oxygen atoms in total. The lowest BCUT2D eigenvalue weighted by atomic mass is 9.91. The molecule has 0 aromatic rings. The van der Waals surface area contributed by atoms with Gasteiger partial charge in [-0.2, -0.15) is 0 Å². The van der Waals surface area contributed by atoms with Gasteiger partial charge in [0, 0.05) is 5.92 Å². The van der Waals surface area contributed by atoms with E-state index in [4.69, 9.17) is 20.3 Å². The van der Waals surface area contributed by atoms with Gasteiger partial charge in [-0.3, -0.25) is 9.59 Å². The molecule has 0 fully saturated rings. The molecule has 0 bridgehead atoms. The highest BCUT2D eigenvalue weighted by molar-refractivity contribution is 5.80. The molecular formula is C22H44N4O7. The molecule has 2 unspecified atom stereocenters. The molecule has 0 saturated carbocycles. The number of carboxylic acids is 1. The quantitative estimate of drug-likeness (QED) is 0.300. The van der Waals surface area contributed by atoms with Crippen molar-refractivity contribution in [2.45, 2.75) is 92.3 Å². The Labute approximate surface area is 197 Å². The summed E-state index contributed by atoms with van der Waals surface area (Å²) in [6, 6.07) is 0. The lowest BCUT2D eigenvalue weighted by Gasteiger charge is -2.21. The van der Waals surface area contributed by atoms with E-state index >= 15 is 0 Å². The minimum atomic E-state index is -0.911. The van der Waals surface area contributed by atoms with Crippen LogP contribution in [0.25, 0.3) is 0 Å². The topological polar surface area (TPSA) is 169 Å². The third-order valence-electron chi connectivity index (χ3n) is 3.88. The summed E-state index contributed by atoms with van der Waals surface area (Å²) in [5.41, 5.74) is 3.99. The molecule has 0 aromatic heterocycles. The number of ether oxygens (including phenoxy) is 2. The highest BCUT2D eigenvalue weighted by atomic mass is 16.6. The highest BCUT2D eigenvalue weighted by Crippen LogP contribution is 2.19. The van der Waals surface area contributed by atoms with E-state index in [1.807, 2.05) is 6.92 Å². The number of amides is 3. The first-order chi connectivity index (χ1) is 15.0. The van der Waals surface area contributed by atoms with E-state index in [0.29, 0.717) is 6.42 Å². The average molecular weight is 477 g/mol. The van der Waals surface area contributed by atoms with Crippen molar-refractivity contribution in [2.24, 2.45) is 17.6 Å². The normalized spacial score (nSPS) is 12.9. The molecule has 33 heavy (non-hydrogen) atoms. The minimum absolute atomic E-state index is 0.0438. The SMILES string of the molecule is CC(C)(C)OC(=O)NCN.CCCCC(CC(C)C(=O)O)C(=O)NCNC(=O)OC(C)(C)C. The van der Waals surface area contributed by atoms with Crippen LogP contribution in [0.1, 0.15) is 81.1 Å². The number of hydrogen-bond acceptors (Lipinski definition) is 7. The maximum Gasteiger partial charge on any atom is 0.409 e. The molecule has 2 atom stereocenters. The Bertz CT molecular complexity index is 613. The number of unbranched alkanes of at least 4 members (excludes halogenated alkanes) is 1. The Morgan fingerprint density at radius 2 is 1.39 bits per heavy atom. The number of carboxylic acid groups (broad SMARTS) is 1. The van der Waals surface area contributed by atoms with Crippen LogP contribution in [0.4, 0.5) is 9.59 Å². The van der Waals surface area contributed by atoms with Crippen LogP contribution >= 0.6 is 0 Å². The van der Waals surface area contributed by atoms with Gasteiger partial charge in [0.05, 0.1) is 19.3 Å². The van der Waals surface area contributed by atoms with Crippen LogP contribution < -0.4 is 21.7 Å². The van der Waals surface area contributed by atoms with Gasteiger partial charge < -0.3 is 36.3 Å². The molecule has 0 radical (unpaired) electrons. The molecule has 0 saturated heterocycles. The summed E-state index contributed by atoms with van der Waals surface area (Å²) in [5, 5.41) is 16.4. The molecule has 6 N–H and O–H groups in total. The molecule has 0 aliphatic heterocycles. The van der Waals surface area contributed by atoms with Gasteiger partial charge in [-0.05, 0) is 54.4 Å². The van der Waals surface area contributed by atoms with Gasteiger partial charge >= 0.3 is 18.2 Å². The summed E-state index contributed by atoms with van der Waals surface area (Å²) < 4.78 is 9.91. The van der Waals surface area contributed by atoms with E-state index in [-0.39, 0.29) is 31.6 Å². The number of aliphatic carboxylic acids is 1. The van der Waals surface area contributed by atoms with Gasteiger partial charge in [0.2, 0.25) is 5.91 Å².